The van der Waals surface area contributed by atoms with Gasteiger partial charge >= 0.3 is 0 Å². The molecule has 0 saturated carbocycles. The molecule has 3 aliphatic heterocycles. The number of hydrogen-bond donors (Lipinski definition) is 1. The van der Waals surface area contributed by atoms with Crippen molar-refractivity contribution >= 4 is 0 Å². The minimum Gasteiger partial charge on any atom is -0.329 e. The Kier molecular flexibility index (Phi) is 3.89. The highest BCUT2D eigenvalue weighted by atomic mass is 15.3. The van der Waals surface area contributed by atoms with Gasteiger partial charge in [-0.15, -0.1) is 0 Å². The molecule has 0 aromatic carbocycles. The zero-order valence-corrected chi connectivity index (χ0v) is 12.8. The lowest BCUT2D eigenvalue weighted by molar-refractivity contribution is -0.0395. The largest absolute Gasteiger partial charge is 0.329 e. The maximum atomic E-state index is 6.32. The third-order valence-corrected chi connectivity index (χ3v) is 6.30. The van der Waals surface area contributed by atoms with E-state index in [0.717, 1.165) is 24.7 Å². The maximum Gasteiger partial charge on any atom is 0.0364 e. The van der Waals surface area contributed by atoms with Crippen LogP contribution >= 0.6 is 0 Å². The molecule has 3 heterocycles. The van der Waals surface area contributed by atoms with Gasteiger partial charge < -0.3 is 10.6 Å². The van der Waals surface area contributed by atoms with Crippen LogP contribution in [-0.2, 0) is 0 Å². The first-order valence-electron chi connectivity index (χ1n) is 8.39. The highest BCUT2D eigenvalue weighted by Gasteiger charge is 2.50. The highest BCUT2D eigenvalue weighted by Crippen LogP contribution is 2.44. The number of likely N-dealkylation sites (tertiary alicyclic amines) is 1. The lowest BCUT2D eigenvalue weighted by Gasteiger charge is -2.55. The molecule has 3 rings (SSSR count). The molecule has 0 aromatic heterocycles. The fraction of sp³-hybridized carbons (Fsp3) is 1.00. The lowest BCUT2D eigenvalue weighted by atomic mass is 9.78. The average Bonchev–Trinajstić information content (AvgIpc) is 2.69. The van der Waals surface area contributed by atoms with Gasteiger partial charge in [0.2, 0.25) is 0 Å². The molecule has 3 fully saturated rings. The summed E-state index contributed by atoms with van der Waals surface area (Å²) in [5.74, 6) is 0. The predicted molar refractivity (Wildman–Crippen MR) is 80.2 cm³/mol. The molecule has 19 heavy (non-hydrogen) atoms. The molecule has 2 bridgehead atoms. The fourth-order valence-electron chi connectivity index (χ4n) is 5.11. The van der Waals surface area contributed by atoms with Crippen LogP contribution in [0.5, 0.6) is 0 Å². The molecular formula is C16H31N3. The minimum absolute atomic E-state index is 0.319. The molecule has 110 valence electrons. The second-order valence-electron chi connectivity index (χ2n) is 7.14. The van der Waals surface area contributed by atoms with Gasteiger partial charge in [-0.2, -0.15) is 0 Å². The summed E-state index contributed by atoms with van der Waals surface area (Å²) in [7, 11) is 2.33. The molecule has 0 aromatic rings. The SMILES string of the molecule is CCC1CCCCN1C1(CN)CC2CCC(C1)N2C. The van der Waals surface area contributed by atoms with E-state index in [2.05, 4.69) is 23.8 Å². The molecule has 2 N–H and O–H groups in total. The maximum absolute atomic E-state index is 6.32. The average molecular weight is 265 g/mol. The van der Waals surface area contributed by atoms with Crippen LogP contribution in [0.3, 0.4) is 0 Å². The van der Waals surface area contributed by atoms with Crippen molar-refractivity contribution in [2.75, 3.05) is 20.1 Å². The van der Waals surface area contributed by atoms with Crippen molar-refractivity contribution in [2.24, 2.45) is 5.73 Å². The smallest absolute Gasteiger partial charge is 0.0364 e. The number of fused-ring (bicyclic) bond motifs is 2. The first kappa shape index (κ1) is 13.8. The summed E-state index contributed by atoms with van der Waals surface area (Å²) in [5, 5.41) is 0. The molecule has 3 heteroatoms. The van der Waals surface area contributed by atoms with E-state index < -0.39 is 0 Å². The number of rotatable bonds is 3. The third-order valence-electron chi connectivity index (χ3n) is 6.30. The van der Waals surface area contributed by atoms with Crippen molar-refractivity contribution in [3.05, 3.63) is 0 Å². The quantitative estimate of drug-likeness (QED) is 0.849. The van der Waals surface area contributed by atoms with Gasteiger partial charge in [0.15, 0.2) is 0 Å². The molecule has 3 saturated heterocycles. The molecule has 3 atom stereocenters. The van der Waals surface area contributed by atoms with Gasteiger partial charge in [-0.25, -0.2) is 0 Å². The number of hydrogen-bond acceptors (Lipinski definition) is 3. The normalized spacial score (nSPS) is 44.7. The monoisotopic (exact) mass is 265 g/mol. The van der Waals surface area contributed by atoms with Crippen LogP contribution in [-0.4, -0.2) is 53.6 Å². The van der Waals surface area contributed by atoms with Crippen molar-refractivity contribution in [2.45, 2.75) is 82.0 Å². The van der Waals surface area contributed by atoms with Crippen LogP contribution in [0.15, 0.2) is 0 Å². The molecule has 3 unspecified atom stereocenters. The van der Waals surface area contributed by atoms with Crippen molar-refractivity contribution in [1.29, 1.82) is 0 Å². The van der Waals surface area contributed by atoms with Gasteiger partial charge in [0.25, 0.3) is 0 Å². The van der Waals surface area contributed by atoms with E-state index in [-0.39, 0.29) is 0 Å². The first-order valence-corrected chi connectivity index (χ1v) is 8.39. The Morgan fingerprint density at radius 3 is 2.37 bits per heavy atom. The lowest BCUT2D eigenvalue weighted by Crippen LogP contribution is -2.65. The molecular weight excluding hydrogens is 234 g/mol. The Morgan fingerprint density at radius 2 is 1.79 bits per heavy atom. The van der Waals surface area contributed by atoms with Crippen molar-refractivity contribution in [1.82, 2.24) is 9.80 Å². The van der Waals surface area contributed by atoms with E-state index >= 15 is 0 Å². The van der Waals surface area contributed by atoms with Crippen LogP contribution < -0.4 is 5.73 Å². The number of nitrogens with two attached hydrogens (primary N) is 1. The summed E-state index contributed by atoms with van der Waals surface area (Å²) >= 11 is 0. The predicted octanol–water partition coefficient (Wildman–Crippen LogP) is 2.21. The Labute approximate surface area is 118 Å². The summed E-state index contributed by atoms with van der Waals surface area (Å²) < 4.78 is 0. The first-order chi connectivity index (χ1) is 9.20. The third kappa shape index (κ3) is 2.24. The zero-order valence-electron chi connectivity index (χ0n) is 12.8. The summed E-state index contributed by atoms with van der Waals surface area (Å²) in [6.07, 6.45) is 10.9. The van der Waals surface area contributed by atoms with E-state index in [1.54, 1.807) is 0 Å². The van der Waals surface area contributed by atoms with Gasteiger partial charge in [-0.05, 0) is 58.5 Å². The molecule has 0 spiro atoms. The summed E-state index contributed by atoms with van der Waals surface area (Å²) in [6, 6.07) is 2.38. The van der Waals surface area contributed by atoms with Crippen LogP contribution in [0.1, 0.15) is 58.3 Å². The van der Waals surface area contributed by atoms with Crippen LogP contribution in [0.4, 0.5) is 0 Å². The van der Waals surface area contributed by atoms with E-state index in [4.69, 9.17) is 5.73 Å². The van der Waals surface area contributed by atoms with E-state index in [9.17, 15) is 0 Å². The van der Waals surface area contributed by atoms with Crippen LogP contribution in [0.2, 0.25) is 0 Å². The summed E-state index contributed by atoms with van der Waals surface area (Å²) in [4.78, 5) is 5.48. The molecule has 0 aliphatic carbocycles. The van der Waals surface area contributed by atoms with Gasteiger partial charge in [0.05, 0.1) is 0 Å². The minimum atomic E-state index is 0.319. The molecule has 3 aliphatic rings. The van der Waals surface area contributed by atoms with E-state index in [0.29, 0.717) is 5.54 Å². The summed E-state index contributed by atoms with van der Waals surface area (Å²) in [6.45, 7) is 4.51. The van der Waals surface area contributed by atoms with Gasteiger partial charge in [0.1, 0.15) is 0 Å². The second-order valence-corrected chi connectivity index (χ2v) is 7.14. The fourth-order valence-corrected chi connectivity index (χ4v) is 5.11. The van der Waals surface area contributed by atoms with Gasteiger partial charge in [-0.1, -0.05) is 13.3 Å². The summed E-state index contributed by atoms with van der Waals surface area (Å²) in [5.41, 5.74) is 6.64. The van der Waals surface area contributed by atoms with Crippen molar-refractivity contribution in [3.8, 4) is 0 Å². The standard InChI is InChI=1S/C16H31N3/c1-3-13-6-4-5-9-19(13)16(12-17)10-14-7-8-15(11-16)18(14)2/h13-15H,3-12,17H2,1-2H3. The highest BCUT2D eigenvalue weighted by molar-refractivity contribution is 5.08. The van der Waals surface area contributed by atoms with E-state index in [1.807, 2.05) is 0 Å². The number of piperidine rings is 2. The molecule has 3 nitrogen and oxygen atoms in total. The van der Waals surface area contributed by atoms with Gasteiger partial charge in [0, 0.05) is 30.2 Å². The topological polar surface area (TPSA) is 32.5 Å². The van der Waals surface area contributed by atoms with Crippen molar-refractivity contribution in [3.63, 3.8) is 0 Å². The number of nitrogens with zero attached hydrogens (tertiary/aromatic N) is 2. The van der Waals surface area contributed by atoms with E-state index in [1.165, 1.54) is 57.9 Å². The van der Waals surface area contributed by atoms with Crippen LogP contribution in [0.25, 0.3) is 0 Å². The Morgan fingerprint density at radius 1 is 1.11 bits per heavy atom. The Bertz CT molecular complexity index is 303. The Balaban J connectivity index is 1.83. The Hall–Kier alpha value is -0.120. The van der Waals surface area contributed by atoms with Gasteiger partial charge in [-0.3, -0.25) is 4.90 Å². The second kappa shape index (κ2) is 5.34. The van der Waals surface area contributed by atoms with Crippen LogP contribution in [0, 0.1) is 0 Å². The molecule has 0 radical (unpaired) electrons. The van der Waals surface area contributed by atoms with Crippen molar-refractivity contribution < 1.29 is 0 Å². The molecule has 0 amide bonds. The zero-order chi connectivity index (χ0) is 13.5.